The lowest BCUT2D eigenvalue weighted by molar-refractivity contribution is 0.274. The van der Waals surface area contributed by atoms with Gasteiger partial charge in [-0.05, 0) is 24.3 Å². The van der Waals surface area contributed by atoms with Crippen molar-refractivity contribution < 1.29 is 9.13 Å². The van der Waals surface area contributed by atoms with Crippen molar-refractivity contribution in [2.24, 2.45) is 0 Å². The fraction of sp³-hybridized carbons (Fsp3) is 0.200. The summed E-state index contributed by atoms with van der Waals surface area (Å²) in [5.74, 6) is 0.582. The van der Waals surface area contributed by atoms with Gasteiger partial charge in [0.1, 0.15) is 11.6 Å². The fourth-order valence-corrected chi connectivity index (χ4v) is 2.33. The summed E-state index contributed by atoms with van der Waals surface area (Å²) >= 11 is 0. The molecule has 3 rings (SSSR count). The zero-order valence-corrected chi connectivity index (χ0v) is 10.4. The van der Waals surface area contributed by atoms with Crippen LogP contribution < -0.4 is 15.8 Å². The first-order valence-corrected chi connectivity index (χ1v) is 6.27. The van der Waals surface area contributed by atoms with Gasteiger partial charge in [0, 0.05) is 12.0 Å². The second-order valence-electron chi connectivity index (χ2n) is 4.60. The minimum Gasteiger partial charge on any atom is -0.493 e. The van der Waals surface area contributed by atoms with Crippen LogP contribution in [0.3, 0.4) is 0 Å². The SMILES string of the molecule is Nc1ccc(F)cc1NC1CCOc2ccccc21. The second kappa shape index (κ2) is 4.80. The highest BCUT2D eigenvalue weighted by molar-refractivity contribution is 5.67. The van der Waals surface area contributed by atoms with Gasteiger partial charge in [0.2, 0.25) is 0 Å². The standard InChI is InChI=1S/C15H15FN2O/c16-10-5-6-12(17)14(9-10)18-13-7-8-19-15-4-2-1-3-11(13)15/h1-6,9,13,18H,7-8,17H2. The van der Waals surface area contributed by atoms with Crippen LogP contribution in [0, 0.1) is 5.82 Å². The first-order chi connectivity index (χ1) is 9.24. The maximum Gasteiger partial charge on any atom is 0.125 e. The van der Waals surface area contributed by atoms with Crippen LogP contribution in [0.2, 0.25) is 0 Å². The van der Waals surface area contributed by atoms with Gasteiger partial charge in [0.25, 0.3) is 0 Å². The van der Waals surface area contributed by atoms with E-state index in [1.54, 1.807) is 6.07 Å². The molecule has 1 aliphatic heterocycles. The normalized spacial score (nSPS) is 17.4. The lowest BCUT2D eigenvalue weighted by Crippen LogP contribution is -2.20. The Labute approximate surface area is 111 Å². The number of nitrogens with two attached hydrogens (primary N) is 1. The van der Waals surface area contributed by atoms with Gasteiger partial charge in [-0.15, -0.1) is 0 Å². The van der Waals surface area contributed by atoms with Gasteiger partial charge in [-0.2, -0.15) is 0 Å². The monoisotopic (exact) mass is 258 g/mol. The van der Waals surface area contributed by atoms with Crippen LogP contribution in [0.4, 0.5) is 15.8 Å². The van der Waals surface area contributed by atoms with Gasteiger partial charge in [-0.1, -0.05) is 18.2 Å². The maximum absolute atomic E-state index is 13.3. The largest absolute Gasteiger partial charge is 0.493 e. The Kier molecular flexibility index (Phi) is 2.99. The Morgan fingerprint density at radius 2 is 2.05 bits per heavy atom. The summed E-state index contributed by atoms with van der Waals surface area (Å²) in [7, 11) is 0. The molecule has 4 heteroatoms. The number of halogens is 1. The molecule has 0 amide bonds. The Hall–Kier alpha value is -2.23. The molecule has 3 N–H and O–H groups in total. The van der Waals surface area contributed by atoms with Crippen LogP contribution in [0.25, 0.3) is 0 Å². The number of hydrogen-bond acceptors (Lipinski definition) is 3. The minimum absolute atomic E-state index is 0.0917. The zero-order valence-electron chi connectivity index (χ0n) is 10.4. The molecule has 1 atom stereocenters. The summed E-state index contributed by atoms with van der Waals surface area (Å²) in [6, 6.07) is 12.3. The number of rotatable bonds is 2. The van der Waals surface area contributed by atoms with Crippen LogP contribution in [-0.2, 0) is 0 Å². The molecule has 98 valence electrons. The molecule has 3 nitrogen and oxygen atoms in total. The highest BCUT2D eigenvalue weighted by Crippen LogP contribution is 2.35. The van der Waals surface area contributed by atoms with E-state index in [4.69, 9.17) is 10.5 Å². The smallest absolute Gasteiger partial charge is 0.125 e. The molecule has 1 heterocycles. The molecule has 0 bridgehead atoms. The Balaban J connectivity index is 1.90. The van der Waals surface area contributed by atoms with E-state index in [2.05, 4.69) is 5.32 Å². The number of benzene rings is 2. The van der Waals surface area contributed by atoms with E-state index in [9.17, 15) is 4.39 Å². The lowest BCUT2D eigenvalue weighted by Gasteiger charge is -2.27. The topological polar surface area (TPSA) is 47.3 Å². The average molecular weight is 258 g/mol. The van der Waals surface area contributed by atoms with Crippen molar-refractivity contribution in [1.82, 2.24) is 0 Å². The molecule has 2 aromatic rings. The number of anilines is 2. The third-order valence-corrected chi connectivity index (χ3v) is 3.30. The summed E-state index contributed by atoms with van der Waals surface area (Å²) in [5, 5.41) is 3.30. The van der Waals surface area contributed by atoms with Gasteiger partial charge in [0.15, 0.2) is 0 Å². The molecular formula is C15H15FN2O. The molecule has 0 spiro atoms. The predicted molar refractivity (Wildman–Crippen MR) is 73.7 cm³/mol. The number of nitrogen functional groups attached to an aromatic ring is 1. The highest BCUT2D eigenvalue weighted by atomic mass is 19.1. The summed E-state index contributed by atoms with van der Waals surface area (Å²) in [5.41, 5.74) is 8.12. The molecule has 1 unspecified atom stereocenters. The number of para-hydroxylation sites is 1. The van der Waals surface area contributed by atoms with Crippen molar-refractivity contribution in [2.45, 2.75) is 12.5 Å². The molecular weight excluding hydrogens is 243 g/mol. The van der Waals surface area contributed by atoms with Crippen molar-refractivity contribution in [3.63, 3.8) is 0 Å². The Bertz CT molecular complexity index is 600. The number of fused-ring (bicyclic) bond motifs is 1. The number of hydrogen-bond donors (Lipinski definition) is 2. The minimum atomic E-state index is -0.294. The summed E-state index contributed by atoms with van der Waals surface area (Å²) in [6.45, 7) is 0.643. The van der Waals surface area contributed by atoms with Gasteiger partial charge < -0.3 is 15.8 Å². The van der Waals surface area contributed by atoms with Gasteiger partial charge in [-0.3, -0.25) is 0 Å². The molecule has 1 aliphatic rings. The van der Waals surface area contributed by atoms with Crippen molar-refractivity contribution >= 4 is 11.4 Å². The number of nitrogens with one attached hydrogen (secondary N) is 1. The van der Waals surface area contributed by atoms with E-state index in [0.717, 1.165) is 17.7 Å². The first-order valence-electron chi connectivity index (χ1n) is 6.27. The molecule has 0 saturated heterocycles. The van der Waals surface area contributed by atoms with Crippen molar-refractivity contribution in [2.75, 3.05) is 17.7 Å². The van der Waals surface area contributed by atoms with Crippen LogP contribution in [0.15, 0.2) is 42.5 Å². The highest BCUT2D eigenvalue weighted by Gasteiger charge is 2.21. The molecule has 2 aromatic carbocycles. The van der Waals surface area contributed by atoms with Crippen molar-refractivity contribution in [1.29, 1.82) is 0 Å². The quantitative estimate of drug-likeness (QED) is 0.812. The maximum atomic E-state index is 13.3. The van der Waals surface area contributed by atoms with Crippen LogP contribution >= 0.6 is 0 Å². The van der Waals surface area contributed by atoms with Gasteiger partial charge in [0.05, 0.1) is 24.0 Å². The first kappa shape index (κ1) is 11.8. The van der Waals surface area contributed by atoms with E-state index in [0.29, 0.717) is 18.0 Å². The summed E-state index contributed by atoms with van der Waals surface area (Å²) in [4.78, 5) is 0. The van der Waals surface area contributed by atoms with E-state index in [1.165, 1.54) is 12.1 Å². The molecule has 0 aromatic heterocycles. The van der Waals surface area contributed by atoms with Crippen LogP contribution in [-0.4, -0.2) is 6.61 Å². The molecule has 19 heavy (non-hydrogen) atoms. The molecule has 0 aliphatic carbocycles. The van der Waals surface area contributed by atoms with Crippen molar-refractivity contribution in [3.05, 3.63) is 53.8 Å². The lowest BCUT2D eigenvalue weighted by atomic mass is 10.00. The third-order valence-electron chi connectivity index (χ3n) is 3.30. The molecule has 0 fully saturated rings. The van der Waals surface area contributed by atoms with Crippen LogP contribution in [0.5, 0.6) is 5.75 Å². The molecule has 0 saturated carbocycles. The van der Waals surface area contributed by atoms with E-state index >= 15 is 0 Å². The van der Waals surface area contributed by atoms with Gasteiger partial charge >= 0.3 is 0 Å². The van der Waals surface area contributed by atoms with E-state index < -0.39 is 0 Å². The summed E-state index contributed by atoms with van der Waals surface area (Å²) < 4.78 is 18.9. The van der Waals surface area contributed by atoms with E-state index in [1.807, 2.05) is 24.3 Å². The predicted octanol–water partition coefficient (Wildman–Crippen LogP) is 3.34. The third kappa shape index (κ3) is 2.34. The molecule has 0 radical (unpaired) electrons. The second-order valence-corrected chi connectivity index (χ2v) is 4.60. The van der Waals surface area contributed by atoms with Gasteiger partial charge in [-0.25, -0.2) is 4.39 Å². The van der Waals surface area contributed by atoms with Crippen LogP contribution in [0.1, 0.15) is 18.0 Å². The summed E-state index contributed by atoms with van der Waals surface area (Å²) in [6.07, 6.45) is 0.826. The Morgan fingerprint density at radius 3 is 2.95 bits per heavy atom. The zero-order chi connectivity index (χ0) is 13.2. The van der Waals surface area contributed by atoms with Crippen molar-refractivity contribution in [3.8, 4) is 5.75 Å². The number of ether oxygens (including phenoxy) is 1. The average Bonchev–Trinajstić information content (AvgIpc) is 2.43. The fourth-order valence-electron chi connectivity index (χ4n) is 2.33. The Morgan fingerprint density at radius 1 is 1.21 bits per heavy atom. The van der Waals surface area contributed by atoms with E-state index in [-0.39, 0.29) is 11.9 Å².